The molecule has 0 unspecified atom stereocenters. The third-order valence-corrected chi connectivity index (χ3v) is 3.35. The van der Waals surface area contributed by atoms with Crippen LogP contribution in [0.1, 0.15) is 31.8 Å². The van der Waals surface area contributed by atoms with Crippen LogP contribution in [0.2, 0.25) is 0 Å². The van der Waals surface area contributed by atoms with Gasteiger partial charge in [-0.2, -0.15) is 0 Å². The highest BCUT2D eigenvalue weighted by Gasteiger charge is 2.18. The summed E-state index contributed by atoms with van der Waals surface area (Å²) in [6, 6.07) is 8.70. The Morgan fingerprint density at radius 1 is 1.12 bits per heavy atom. The Labute approximate surface area is 137 Å². The van der Waals surface area contributed by atoms with Gasteiger partial charge in [0.1, 0.15) is 12.4 Å². The van der Waals surface area contributed by atoms with E-state index in [9.17, 15) is 19.7 Å². The molecule has 24 heavy (non-hydrogen) atoms. The van der Waals surface area contributed by atoms with Crippen molar-refractivity contribution < 1.29 is 19.2 Å². The lowest BCUT2D eigenvalue weighted by atomic mass is 10.1. The van der Waals surface area contributed by atoms with Gasteiger partial charge in [-0.1, -0.05) is 6.07 Å². The van der Waals surface area contributed by atoms with Crippen molar-refractivity contribution in [3.05, 3.63) is 68.8 Å². The number of rotatable bonds is 6. The molecule has 2 aromatic carbocycles. The van der Waals surface area contributed by atoms with Crippen molar-refractivity contribution in [3.8, 4) is 5.75 Å². The molecule has 0 fully saturated rings. The molecule has 0 radical (unpaired) electrons. The smallest absolute Gasteiger partial charge is 0.276 e. The molecule has 124 valence electrons. The molecule has 8 heteroatoms. The fourth-order valence-electron chi connectivity index (χ4n) is 2.12. The third kappa shape index (κ3) is 3.67. The Morgan fingerprint density at radius 2 is 1.83 bits per heavy atom. The molecule has 0 aliphatic rings. The average molecular weight is 329 g/mol. The van der Waals surface area contributed by atoms with Gasteiger partial charge in [-0.05, 0) is 36.8 Å². The topological polar surface area (TPSA) is 139 Å². The second kappa shape index (κ2) is 6.78. The van der Waals surface area contributed by atoms with Gasteiger partial charge in [0.2, 0.25) is 5.91 Å². The summed E-state index contributed by atoms with van der Waals surface area (Å²) in [4.78, 5) is 33.1. The van der Waals surface area contributed by atoms with Crippen molar-refractivity contribution in [3.63, 3.8) is 0 Å². The first kappa shape index (κ1) is 16.9. The molecular formula is C16H15N3O5. The van der Waals surface area contributed by atoms with Crippen LogP contribution >= 0.6 is 0 Å². The first-order valence-corrected chi connectivity index (χ1v) is 6.90. The number of primary amides is 2. The van der Waals surface area contributed by atoms with E-state index in [0.717, 1.165) is 11.6 Å². The summed E-state index contributed by atoms with van der Waals surface area (Å²) in [5, 5.41) is 11.2. The Balaban J connectivity index is 2.33. The van der Waals surface area contributed by atoms with Crippen molar-refractivity contribution in [2.75, 3.05) is 0 Å². The maximum atomic E-state index is 11.4. The van der Waals surface area contributed by atoms with Gasteiger partial charge in [0, 0.05) is 11.6 Å². The molecule has 0 aliphatic heterocycles. The molecule has 0 bridgehead atoms. The Morgan fingerprint density at radius 3 is 2.42 bits per heavy atom. The molecule has 0 saturated heterocycles. The molecule has 2 aromatic rings. The van der Waals surface area contributed by atoms with Gasteiger partial charge in [0.15, 0.2) is 0 Å². The highest BCUT2D eigenvalue weighted by atomic mass is 16.6. The van der Waals surface area contributed by atoms with Crippen molar-refractivity contribution in [1.82, 2.24) is 0 Å². The molecular weight excluding hydrogens is 314 g/mol. The van der Waals surface area contributed by atoms with E-state index in [1.165, 1.54) is 18.2 Å². The molecule has 2 rings (SSSR count). The van der Waals surface area contributed by atoms with E-state index in [-0.39, 0.29) is 34.7 Å². The summed E-state index contributed by atoms with van der Waals surface area (Å²) in [5.41, 5.74) is 11.4. The van der Waals surface area contributed by atoms with Crippen molar-refractivity contribution >= 4 is 17.5 Å². The van der Waals surface area contributed by atoms with Crippen molar-refractivity contribution in [1.29, 1.82) is 0 Å². The Kier molecular flexibility index (Phi) is 4.78. The number of hydrogen-bond acceptors (Lipinski definition) is 5. The van der Waals surface area contributed by atoms with Crippen LogP contribution in [0.3, 0.4) is 0 Å². The summed E-state index contributed by atoms with van der Waals surface area (Å²) < 4.78 is 5.54. The zero-order chi connectivity index (χ0) is 17.9. The van der Waals surface area contributed by atoms with Crippen LogP contribution in [-0.4, -0.2) is 16.7 Å². The standard InChI is InChI=1S/C16H15N3O5/c1-9-2-5-12(16(18)21)14(6-9)24-8-11-4-3-10(15(17)20)7-13(11)19(22)23/h2-7H,8H2,1H3,(H2,17,20)(H2,18,21). The van der Waals surface area contributed by atoms with Gasteiger partial charge in [0.05, 0.1) is 16.1 Å². The summed E-state index contributed by atoms with van der Waals surface area (Å²) >= 11 is 0. The van der Waals surface area contributed by atoms with Gasteiger partial charge in [-0.3, -0.25) is 19.7 Å². The lowest BCUT2D eigenvalue weighted by molar-refractivity contribution is -0.385. The number of carbonyl (C=O) groups excluding carboxylic acids is 2. The fourth-order valence-corrected chi connectivity index (χ4v) is 2.12. The van der Waals surface area contributed by atoms with E-state index in [4.69, 9.17) is 16.2 Å². The number of hydrogen-bond donors (Lipinski definition) is 2. The molecule has 0 spiro atoms. The predicted octanol–water partition coefficient (Wildman–Crippen LogP) is 1.68. The number of aryl methyl sites for hydroxylation is 1. The second-order valence-electron chi connectivity index (χ2n) is 5.12. The Hall–Kier alpha value is -3.42. The van der Waals surface area contributed by atoms with Gasteiger partial charge in [0.25, 0.3) is 11.6 Å². The second-order valence-corrected chi connectivity index (χ2v) is 5.12. The van der Waals surface area contributed by atoms with Gasteiger partial charge in [-0.25, -0.2) is 0 Å². The summed E-state index contributed by atoms with van der Waals surface area (Å²) in [7, 11) is 0. The third-order valence-electron chi connectivity index (χ3n) is 3.35. The highest BCUT2D eigenvalue weighted by Crippen LogP contribution is 2.25. The molecule has 4 N–H and O–H groups in total. The van der Waals surface area contributed by atoms with Crippen LogP contribution in [0.4, 0.5) is 5.69 Å². The number of carbonyl (C=O) groups is 2. The van der Waals surface area contributed by atoms with E-state index in [1.807, 2.05) is 6.92 Å². The number of nitro benzene ring substituents is 1. The number of amides is 2. The van der Waals surface area contributed by atoms with Gasteiger partial charge in [-0.15, -0.1) is 0 Å². The minimum Gasteiger partial charge on any atom is -0.488 e. The van der Waals surface area contributed by atoms with E-state index in [1.54, 1.807) is 12.1 Å². The zero-order valence-corrected chi connectivity index (χ0v) is 12.8. The SMILES string of the molecule is Cc1ccc(C(N)=O)c(OCc2ccc(C(N)=O)cc2[N+](=O)[O-])c1. The molecule has 0 atom stereocenters. The van der Waals surface area contributed by atoms with Crippen LogP contribution in [0.25, 0.3) is 0 Å². The van der Waals surface area contributed by atoms with Crippen LogP contribution in [0.5, 0.6) is 5.75 Å². The zero-order valence-electron chi connectivity index (χ0n) is 12.8. The summed E-state index contributed by atoms with van der Waals surface area (Å²) in [6.07, 6.45) is 0. The van der Waals surface area contributed by atoms with Crippen LogP contribution < -0.4 is 16.2 Å². The summed E-state index contributed by atoms with van der Waals surface area (Å²) in [6.45, 7) is 1.64. The predicted molar refractivity (Wildman–Crippen MR) is 85.6 cm³/mol. The molecule has 0 saturated carbocycles. The highest BCUT2D eigenvalue weighted by molar-refractivity contribution is 5.95. The maximum absolute atomic E-state index is 11.4. The summed E-state index contributed by atoms with van der Waals surface area (Å²) in [5.74, 6) is -1.19. The number of nitrogens with two attached hydrogens (primary N) is 2. The average Bonchev–Trinajstić information content (AvgIpc) is 2.52. The fraction of sp³-hybridized carbons (Fsp3) is 0.125. The largest absolute Gasteiger partial charge is 0.488 e. The van der Waals surface area contributed by atoms with E-state index in [2.05, 4.69) is 0 Å². The molecule has 0 aliphatic carbocycles. The Bertz CT molecular complexity index is 832. The van der Waals surface area contributed by atoms with E-state index >= 15 is 0 Å². The lowest BCUT2D eigenvalue weighted by Gasteiger charge is -2.11. The number of nitro groups is 1. The minimum absolute atomic E-state index is 0.0267. The van der Waals surface area contributed by atoms with Crippen molar-refractivity contribution in [2.45, 2.75) is 13.5 Å². The molecule has 8 nitrogen and oxygen atoms in total. The first-order chi connectivity index (χ1) is 11.3. The monoisotopic (exact) mass is 329 g/mol. The lowest BCUT2D eigenvalue weighted by Crippen LogP contribution is -2.14. The van der Waals surface area contributed by atoms with Crippen LogP contribution in [0.15, 0.2) is 36.4 Å². The van der Waals surface area contributed by atoms with Gasteiger partial charge >= 0.3 is 0 Å². The minimum atomic E-state index is -0.764. The van der Waals surface area contributed by atoms with E-state index < -0.39 is 16.7 Å². The van der Waals surface area contributed by atoms with E-state index in [0.29, 0.717) is 0 Å². The quantitative estimate of drug-likeness (QED) is 0.613. The maximum Gasteiger partial charge on any atom is 0.276 e. The molecule has 2 amide bonds. The van der Waals surface area contributed by atoms with Crippen LogP contribution in [-0.2, 0) is 6.61 Å². The number of benzene rings is 2. The molecule has 0 aromatic heterocycles. The number of nitrogens with zero attached hydrogens (tertiary/aromatic N) is 1. The molecule has 0 heterocycles. The normalized spacial score (nSPS) is 10.2. The first-order valence-electron chi connectivity index (χ1n) is 6.90. The van der Waals surface area contributed by atoms with Crippen molar-refractivity contribution in [2.24, 2.45) is 11.5 Å². The van der Waals surface area contributed by atoms with Crippen LogP contribution in [0, 0.1) is 17.0 Å². The number of ether oxygens (including phenoxy) is 1. The van der Waals surface area contributed by atoms with Gasteiger partial charge < -0.3 is 16.2 Å².